The first-order chi connectivity index (χ1) is 13.0. The lowest BCUT2D eigenvalue weighted by Crippen LogP contribution is -2.18. The van der Waals surface area contributed by atoms with Crippen LogP contribution in [0.15, 0.2) is 35.0 Å². The number of nitrogens with zero attached hydrogens (tertiary/aromatic N) is 3. The Balaban J connectivity index is 1.48. The van der Waals surface area contributed by atoms with Crippen molar-refractivity contribution in [2.75, 3.05) is 5.32 Å². The van der Waals surface area contributed by atoms with Crippen molar-refractivity contribution < 1.29 is 9.32 Å². The van der Waals surface area contributed by atoms with Crippen LogP contribution in [0.3, 0.4) is 0 Å². The summed E-state index contributed by atoms with van der Waals surface area (Å²) >= 11 is 12.4. The van der Waals surface area contributed by atoms with Crippen molar-refractivity contribution in [2.24, 2.45) is 5.92 Å². The fourth-order valence-electron chi connectivity index (χ4n) is 3.29. The van der Waals surface area contributed by atoms with Gasteiger partial charge < -0.3 is 9.84 Å². The maximum atomic E-state index is 12.6. The Bertz CT molecular complexity index is 975. The topological polar surface area (TPSA) is 73.0 Å². The highest BCUT2D eigenvalue weighted by Gasteiger charge is 2.27. The number of nitrogens with one attached hydrogen (secondary N) is 1. The van der Waals surface area contributed by atoms with E-state index in [9.17, 15) is 4.79 Å². The Morgan fingerprint density at radius 2 is 2.11 bits per heavy atom. The van der Waals surface area contributed by atoms with E-state index in [-0.39, 0.29) is 5.91 Å². The molecular formula is C19H18Cl2N4O2. The fourth-order valence-corrected chi connectivity index (χ4v) is 3.81. The molecule has 0 saturated heterocycles. The molecule has 0 radical (unpaired) electrons. The number of carbonyl (C=O) groups excluding carboxylic acids is 1. The van der Waals surface area contributed by atoms with Crippen LogP contribution in [0, 0.1) is 5.92 Å². The normalized spacial score (nSPS) is 16.2. The van der Waals surface area contributed by atoms with Crippen molar-refractivity contribution in [2.45, 2.75) is 32.7 Å². The summed E-state index contributed by atoms with van der Waals surface area (Å²) in [5.41, 5.74) is 2.04. The highest BCUT2D eigenvalue weighted by molar-refractivity contribution is 6.35. The second-order valence-corrected chi connectivity index (χ2v) is 7.65. The molecule has 1 aliphatic carbocycles. The number of hydrogen-bond acceptors (Lipinski definition) is 4. The third kappa shape index (κ3) is 3.73. The molecule has 2 aromatic heterocycles. The number of benzene rings is 1. The van der Waals surface area contributed by atoms with Crippen LogP contribution in [0.25, 0.3) is 0 Å². The summed E-state index contributed by atoms with van der Waals surface area (Å²) in [6.45, 7) is 2.57. The number of rotatable bonds is 4. The second-order valence-electron chi connectivity index (χ2n) is 6.83. The van der Waals surface area contributed by atoms with Crippen LogP contribution in [0.4, 0.5) is 5.82 Å². The molecule has 4 rings (SSSR count). The number of aryl methyl sites for hydroxylation is 1. The molecule has 27 heavy (non-hydrogen) atoms. The standard InChI is InChI=1S/C19H18Cl2N4O2/c1-11-5-6-16-12(9-11)18(24-27-16)19(26)22-17-7-8-25(23-17)10-13-14(20)3-2-4-15(13)21/h2-4,7-8,11H,5-6,9-10H2,1H3,(H,22,23,26). The maximum absolute atomic E-state index is 12.6. The van der Waals surface area contributed by atoms with Gasteiger partial charge in [0.05, 0.1) is 6.54 Å². The van der Waals surface area contributed by atoms with Gasteiger partial charge in [-0.05, 0) is 30.9 Å². The van der Waals surface area contributed by atoms with Crippen molar-refractivity contribution >= 4 is 34.9 Å². The van der Waals surface area contributed by atoms with Gasteiger partial charge in [0.2, 0.25) is 0 Å². The minimum absolute atomic E-state index is 0.310. The molecule has 1 aromatic carbocycles. The molecule has 1 aliphatic rings. The number of carbonyl (C=O) groups is 1. The van der Waals surface area contributed by atoms with E-state index in [0.29, 0.717) is 34.0 Å². The van der Waals surface area contributed by atoms with E-state index in [1.165, 1.54) is 0 Å². The van der Waals surface area contributed by atoms with Crippen LogP contribution < -0.4 is 5.32 Å². The molecular weight excluding hydrogens is 387 g/mol. The van der Waals surface area contributed by atoms with E-state index in [4.69, 9.17) is 27.7 Å². The van der Waals surface area contributed by atoms with Crippen LogP contribution in [0.5, 0.6) is 0 Å². The Labute approximate surface area is 166 Å². The number of hydrogen-bond donors (Lipinski definition) is 1. The van der Waals surface area contributed by atoms with E-state index in [1.54, 1.807) is 35.1 Å². The Kier molecular flexibility index (Phi) is 4.93. The molecule has 6 nitrogen and oxygen atoms in total. The number of anilines is 1. The Hall–Kier alpha value is -2.31. The zero-order valence-electron chi connectivity index (χ0n) is 14.7. The third-order valence-electron chi connectivity index (χ3n) is 4.77. The van der Waals surface area contributed by atoms with Crippen molar-refractivity contribution in [1.29, 1.82) is 0 Å². The van der Waals surface area contributed by atoms with Crippen molar-refractivity contribution in [3.8, 4) is 0 Å². The van der Waals surface area contributed by atoms with Gasteiger partial charge in [0.1, 0.15) is 5.76 Å². The zero-order valence-corrected chi connectivity index (χ0v) is 16.2. The van der Waals surface area contributed by atoms with Crippen LogP contribution in [-0.2, 0) is 19.4 Å². The lowest BCUT2D eigenvalue weighted by atomic mass is 9.88. The average molecular weight is 405 g/mol. The van der Waals surface area contributed by atoms with Gasteiger partial charge in [-0.3, -0.25) is 9.48 Å². The van der Waals surface area contributed by atoms with Gasteiger partial charge in [0.25, 0.3) is 5.91 Å². The molecule has 3 aromatic rings. The molecule has 0 spiro atoms. The molecule has 1 amide bonds. The fraction of sp³-hybridized carbons (Fsp3) is 0.316. The lowest BCUT2D eigenvalue weighted by molar-refractivity contribution is 0.101. The quantitative estimate of drug-likeness (QED) is 0.689. The van der Waals surface area contributed by atoms with Crippen LogP contribution in [0.1, 0.15) is 40.7 Å². The maximum Gasteiger partial charge on any atom is 0.279 e. The first kappa shape index (κ1) is 18.1. The molecule has 8 heteroatoms. The van der Waals surface area contributed by atoms with Gasteiger partial charge in [0.15, 0.2) is 11.5 Å². The van der Waals surface area contributed by atoms with Gasteiger partial charge >= 0.3 is 0 Å². The molecule has 0 aliphatic heterocycles. The molecule has 2 heterocycles. The number of amides is 1. The molecule has 140 valence electrons. The van der Waals surface area contributed by atoms with Gasteiger partial charge in [0, 0.05) is 39.9 Å². The van der Waals surface area contributed by atoms with Gasteiger partial charge in [-0.1, -0.05) is 41.3 Å². The van der Waals surface area contributed by atoms with E-state index in [2.05, 4.69) is 22.5 Å². The Morgan fingerprint density at radius 3 is 2.89 bits per heavy atom. The predicted molar refractivity (Wildman–Crippen MR) is 103 cm³/mol. The first-order valence-corrected chi connectivity index (χ1v) is 9.52. The van der Waals surface area contributed by atoms with E-state index in [1.807, 2.05) is 0 Å². The second kappa shape index (κ2) is 7.37. The van der Waals surface area contributed by atoms with Crippen molar-refractivity contribution in [1.82, 2.24) is 14.9 Å². The van der Waals surface area contributed by atoms with E-state index in [0.717, 1.165) is 36.1 Å². The summed E-state index contributed by atoms with van der Waals surface area (Å²) in [7, 11) is 0. The minimum Gasteiger partial charge on any atom is -0.360 e. The van der Waals surface area contributed by atoms with Crippen LogP contribution >= 0.6 is 23.2 Å². The number of aromatic nitrogens is 3. The third-order valence-corrected chi connectivity index (χ3v) is 5.47. The van der Waals surface area contributed by atoms with Gasteiger partial charge in [-0.15, -0.1) is 0 Å². The molecule has 1 unspecified atom stereocenters. The molecule has 0 saturated carbocycles. The van der Waals surface area contributed by atoms with Crippen LogP contribution in [-0.4, -0.2) is 20.8 Å². The SMILES string of the molecule is CC1CCc2onc(C(=O)Nc3ccn(Cc4c(Cl)cccc4Cl)n3)c2C1. The summed E-state index contributed by atoms with van der Waals surface area (Å²) in [4.78, 5) is 12.6. The highest BCUT2D eigenvalue weighted by Crippen LogP contribution is 2.28. The zero-order chi connectivity index (χ0) is 19.0. The Morgan fingerprint density at radius 1 is 1.33 bits per heavy atom. The van der Waals surface area contributed by atoms with Crippen LogP contribution in [0.2, 0.25) is 10.0 Å². The van der Waals surface area contributed by atoms with Gasteiger partial charge in [-0.2, -0.15) is 5.10 Å². The molecule has 0 fully saturated rings. The average Bonchev–Trinajstić information content (AvgIpc) is 3.24. The lowest BCUT2D eigenvalue weighted by Gasteiger charge is -2.16. The number of fused-ring (bicyclic) bond motifs is 1. The predicted octanol–water partition coefficient (Wildman–Crippen LogP) is 4.60. The summed E-state index contributed by atoms with van der Waals surface area (Å²) in [5, 5.41) is 12.3. The number of halogens is 2. The largest absolute Gasteiger partial charge is 0.360 e. The van der Waals surface area contributed by atoms with E-state index >= 15 is 0 Å². The molecule has 0 bridgehead atoms. The smallest absolute Gasteiger partial charge is 0.279 e. The minimum atomic E-state index is -0.310. The monoisotopic (exact) mass is 404 g/mol. The van der Waals surface area contributed by atoms with Crippen molar-refractivity contribution in [3.63, 3.8) is 0 Å². The highest BCUT2D eigenvalue weighted by atomic mass is 35.5. The molecule has 1 atom stereocenters. The van der Waals surface area contributed by atoms with Crippen molar-refractivity contribution in [3.05, 3.63) is 63.1 Å². The summed E-state index contributed by atoms with van der Waals surface area (Å²) in [6, 6.07) is 7.08. The molecule has 1 N–H and O–H groups in total. The summed E-state index contributed by atoms with van der Waals surface area (Å²) in [6.07, 6.45) is 4.44. The van der Waals surface area contributed by atoms with E-state index < -0.39 is 0 Å². The summed E-state index contributed by atoms with van der Waals surface area (Å²) < 4.78 is 7.01. The first-order valence-electron chi connectivity index (χ1n) is 8.76. The van der Waals surface area contributed by atoms with Gasteiger partial charge in [-0.25, -0.2) is 0 Å². The summed E-state index contributed by atoms with van der Waals surface area (Å²) in [5.74, 6) is 1.46.